The summed E-state index contributed by atoms with van der Waals surface area (Å²) in [6, 6.07) is 2.24. The number of nitrogens with zero attached hydrogens (tertiary/aromatic N) is 1. The molecule has 0 unspecified atom stereocenters. The predicted octanol–water partition coefficient (Wildman–Crippen LogP) is 1.54. The Morgan fingerprint density at radius 1 is 1.50 bits per heavy atom. The molecule has 3 rings (SSSR count). The molecular weight excluding hydrogens is 192 g/mol. The Bertz CT molecular complexity index is 303. The van der Waals surface area contributed by atoms with Crippen molar-refractivity contribution in [1.82, 2.24) is 10.2 Å². The number of nitrogens with one attached hydrogen (secondary N) is 1. The second kappa shape index (κ2) is 3.33. The van der Waals surface area contributed by atoms with Crippen molar-refractivity contribution in [2.24, 2.45) is 5.41 Å². The van der Waals surface area contributed by atoms with Gasteiger partial charge in [0.1, 0.15) is 0 Å². The Labute approximate surface area is 88.9 Å². The van der Waals surface area contributed by atoms with Crippen molar-refractivity contribution in [1.29, 1.82) is 0 Å². The first-order chi connectivity index (χ1) is 6.86. The summed E-state index contributed by atoms with van der Waals surface area (Å²) in [5.41, 5.74) is 2.13. The van der Waals surface area contributed by atoms with Gasteiger partial charge in [-0.25, -0.2) is 0 Å². The largest absolute Gasteiger partial charge is 0.315 e. The highest BCUT2D eigenvalue weighted by molar-refractivity contribution is 7.07. The average Bonchev–Trinajstić information content (AvgIpc) is 2.72. The lowest BCUT2D eigenvalue weighted by molar-refractivity contribution is 0.167. The van der Waals surface area contributed by atoms with Gasteiger partial charge in [0.25, 0.3) is 0 Å². The number of rotatable bonds is 2. The molecule has 0 radical (unpaired) electrons. The van der Waals surface area contributed by atoms with Gasteiger partial charge in [-0.15, -0.1) is 0 Å². The van der Waals surface area contributed by atoms with Crippen LogP contribution in [0.2, 0.25) is 0 Å². The van der Waals surface area contributed by atoms with Gasteiger partial charge in [0.05, 0.1) is 0 Å². The number of hydrogen-bond acceptors (Lipinski definition) is 3. The molecule has 3 heterocycles. The summed E-state index contributed by atoms with van der Waals surface area (Å²) >= 11 is 1.80. The highest BCUT2D eigenvalue weighted by Gasteiger charge is 2.42. The van der Waals surface area contributed by atoms with Crippen LogP contribution in [0.5, 0.6) is 0 Å². The van der Waals surface area contributed by atoms with E-state index in [9.17, 15) is 0 Å². The number of thiophene rings is 1. The Hall–Kier alpha value is -0.380. The van der Waals surface area contributed by atoms with Gasteiger partial charge in [-0.05, 0) is 35.4 Å². The standard InChI is InChI=1S/C11H16N2S/c1-4-14-6-10(1)5-13-3-2-11(9-13)7-12-8-11/h1,4,6,12H,2-3,5,7-9H2. The van der Waals surface area contributed by atoms with Crippen molar-refractivity contribution in [3.05, 3.63) is 22.4 Å². The van der Waals surface area contributed by atoms with Gasteiger partial charge >= 0.3 is 0 Å². The van der Waals surface area contributed by atoms with E-state index in [2.05, 4.69) is 27.0 Å². The first-order valence-electron chi connectivity index (χ1n) is 5.31. The zero-order valence-electron chi connectivity index (χ0n) is 8.33. The Kier molecular flexibility index (Phi) is 2.11. The second-order valence-electron chi connectivity index (χ2n) is 4.70. The van der Waals surface area contributed by atoms with E-state index in [1.54, 1.807) is 11.3 Å². The summed E-state index contributed by atoms with van der Waals surface area (Å²) < 4.78 is 0. The molecule has 76 valence electrons. The molecule has 2 nitrogen and oxygen atoms in total. The first kappa shape index (κ1) is 8.89. The summed E-state index contributed by atoms with van der Waals surface area (Å²) in [6.45, 7) is 6.24. The van der Waals surface area contributed by atoms with E-state index in [4.69, 9.17) is 0 Å². The maximum absolute atomic E-state index is 3.40. The van der Waals surface area contributed by atoms with E-state index < -0.39 is 0 Å². The zero-order valence-corrected chi connectivity index (χ0v) is 9.15. The van der Waals surface area contributed by atoms with Crippen LogP contribution in [0.1, 0.15) is 12.0 Å². The van der Waals surface area contributed by atoms with Crippen LogP contribution in [0, 0.1) is 5.41 Å². The van der Waals surface area contributed by atoms with Crippen molar-refractivity contribution in [3.8, 4) is 0 Å². The van der Waals surface area contributed by atoms with E-state index >= 15 is 0 Å². The molecule has 14 heavy (non-hydrogen) atoms. The summed E-state index contributed by atoms with van der Waals surface area (Å²) in [5.74, 6) is 0. The number of likely N-dealkylation sites (tertiary alicyclic amines) is 1. The third-order valence-corrected chi connectivity index (χ3v) is 4.24. The van der Waals surface area contributed by atoms with Crippen LogP contribution in [0.15, 0.2) is 16.8 Å². The summed E-state index contributed by atoms with van der Waals surface area (Å²) in [5, 5.41) is 7.84. The smallest absolute Gasteiger partial charge is 0.0242 e. The van der Waals surface area contributed by atoms with Gasteiger partial charge in [0, 0.05) is 31.6 Å². The molecule has 2 fully saturated rings. The average molecular weight is 208 g/mol. The van der Waals surface area contributed by atoms with Gasteiger partial charge < -0.3 is 5.32 Å². The van der Waals surface area contributed by atoms with Crippen molar-refractivity contribution in [2.45, 2.75) is 13.0 Å². The minimum Gasteiger partial charge on any atom is -0.315 e. The van der Waals surface area contributed by atoms with Crippen molar-refractivity contribution in [2.75, 3.05) is 26.2 Å². The van der Waals surface area contributed by atoms with Crippen LogP contribution in [-0.2, 0) is 6.54 Å². The lowest BCUT2D eigenvalue weighted by atomic mass is 9.81. The third-order valence-electron chi connectivity index (χ3n) is 3.50. The molecule has 0 bridgehead atoms. The maximum atomic E-state index is 3.40. The molecule has 0 amide bonds. The Balaban J connectivity index is 1.60. The van der Waals surface area contributed by atoms with Crippen LogP contribution in [0.3, 0.4) is 0 Å². The van der Waals surface area contributed by atoms with Gasteiger partial charge in [-0.3, -0.25) is 4.90 Å². The summed E-state index contributed by atoms with van der Waals surface area (Å²) in [6.07, 6.45) is 1.39. The van der Waals surface area contributed by atoms with Crippen molar-refractivity contribution >= 4 is 11.3 Å². The van der Waals surface area contributed by atoms with E-state index in [1.807, 2.05) is 0 Å². The van der Waals surface area contributed by atoms with E-state index in [1.165, 1.54) is 38.2 Å². The summed E-state index contributed by atoms with van der Waals surface area (Å²) in [4.78, 5) is 2.60. The molecule has 0 aliphatic carbocycles. The third kappa shape index (κ3) is 1.49. The maximum Gasteiger partial charge on any atom is 0.0242 e. The lowest BCUT2D eigenvalue weighted by Crippen LogP contribution is -2.54. The van der Waals surface area contributed by atoms with Crippen LogP contribution >= 0.6 is 11.3 Å². The molecule has 1 aromatic heterocycles. The van der Waals surface area contributed by atoms with Crippen LogP contribution in [0.4, 0.5) is 0 Å². The van der Waals surface area contributed by atoms with E-state index in [0.717, 1.165) is 6.54 Å². The minimum absolute atomic E-state index is 0.649. The molecule has 3 heteroatoms. The molecule has 0 aromatic carbocycles. The minimum atomic E-state index is 0.649. The normalized spacial score (nSPS) is 25.4. The molecule has 1 aromatic rings. The van der Waals surface area contributed by atoms with Gasteiger partial charge in [-0.2, -0.15) is 11.3 Å². The van der Waals surface area contributed by atoms with Gasteiger partial charge in [0.2, 0.25) is 0 Å². The highest BCUT2D eigenvalue weighted by atomic mass is 32.1. The van der Waals surface area contributed by atoms with E-state index in [-0.39, 0.29) is 0 Å². The molecule has 1 spiro atoms. The van der Waals surface area contributed by atoms with Gasteiger partial charge in [-0.1, -0.05) is 0 Å². The van der Waals surface area contributed by atoms with Crippen LogP contribution in [0.25, 0.3) is 0 Å². The van der Waals surface area contributed by atoms with Crippen LogP contribution in [-0.4, -0.2) is 31.1 Å². The fourth-order valence-corrected chi connectivity index (χ4v) is 3.23. The highest BCUT2D eigenvalue weighted by Crippen LogP contribution is 2.34. The molecule has 2 aliphatic rings. The second-order valence-corrected chi connectivity index (χ2v) is 5.48. The SMILES string of the molecule is c1cc(CN2CCC3(CNC3)C2)cs1. The molecule has 1 N–H and O–H groups in total. The molecule has 2 aliphatic heterocycles. The first-order valence-corrected chi connectivity index (χ1v) is 6.25. The quantitative estimate of drug-likeness (QED) is 0.793. The molecule has 0 saturated carbocycles. The fourth-order valence-electron chi connectivity index (χ4n) is 2.57. The van der Waals surface area contributed by atoms with Crippen LogP contribution < -0.4 is 5.32 Å². The van der Waals surface area contributed by atoms with Crippen molar-refractivity contribution in [3.63, 3.8) is 0 Å². The van der Waals surface area contributed by atoms with Gasteiger partial charge in [0.15, 0.2) is 0 Å². The zero-order chi connectivity index (χ0) is 9.43. The summed E-state index contributed by atoms with van der Waals surface area (Å²) in [7, 11) is 0. The van der Waals surface area contributed by atoms with Crippen molar-refractivity contribution < 1.29 is 0 Å². The predicted molar refractivity (Wildman–Crippen MR) is 59.5 cm³/mol. The monoisotopic (exact) mass is 208 g/mol. The molecular formula is C11H16N2S. The molecule has 0 atom stereocenters. The Morgan fingerprint density at radius 3 is 3.00 bits per heavy atom. The van der Waals surface area contributed by atoms with E-state index in [0.29, 0.717) is 5.41 Å². The lowest BCUT2D eigenvalue weighted by Gasteiger charge is -2.39. The topological polar surface area (TPSA) is 15.3 Å². The fraction of sp³-hybridized carbons (Fsp3) is 0.636. The molecule has 2 saturated heterocycles. The Morgan fingerprint density at radius 2 is 2.43 bits per heavy atom. The number of hydrogen-bond donors (Lipinski definition) is 1.